The lowest BCUT2D eigenvalue weighted by Crippen LogP contribution is -1.86. The van der Waals surface area contributed by atoms with Gasteiger partial charge in [0.15, 0.2) is 0 Å². The van der Waals surface area contributed by atoms with Crippen LogP contribution in [0.1, 0.15) is 11.1 Å². The van der Waals surface area contributed by atoms with E-state index in [1.807, 2.05) is 24.4 Å². The molecular formula is C10H8N2S. The Bertz CT molecular complexity index is 505. The lowest BCUT2D eigenvalue weighted by atomic mass is 10.1. The average Bonchev–Trinajstić information content (AvgIpc) is 2.49. The highest BCUT2D eigenvalue weighted by atomic mass is 32.1. The number of nitrogens with two attached hydrogens (primary N) is 1. The van der Waals surface area contributed by atoms with E-state index in [-0.39, 0.29) is 0 Å². The number of nitriles is 1. The van der Waals surface area contributed by atoms with Gasteiger partial charge in [0, 0.05) is 15.5 Å². The predicted octanol–water partition coefficient (Wildman–Crippen LogP) is 2.66. The summed E-state index contributed by atoms with van der Waals surface area (Å²) in [6.07, 6.45) is 0. The molecule has 0 spiro atoms. The highest BCUT2D eigenvalue weighted by Crippen LogP contribution is 2.31. The third kappa shape index (κ3) is 1.07. The molecule has 0 aliphatic heterocycles. The minimum absolute atomic E-state index is 0.706. The summed E-state index contributed by atoms with van der Waals surface area (Å²) in [6, 6.07) is 5.94. The Kier molecular flexibility index (Phi) is 1.71. The summed E-state index contributed by atoms with van der Waals surface area (Å²) in [6.45, 7) is 1.93. The fourth-order valence-corrected chi connectivity index (χ4v) is 2.36. The summed E-state index contributed by atoms with van der Waals surface area (Å²) in [7, 11) is 0. The third-order valence-corrected chi connectivity index (χ3v) is 3.11. The molecule has 0 unspecified atom stereocenters. The molecule has 1 aromatic carbocycles. The summed E-state index contributed by atoms with van der Waals surface area (Å²) >= 11 is 1.61. The molecule has 2 nitrogen and oxygen atoms in total. The molecule has 13 heavy (non-hydrogen) atoms. The van der Waals surface area contributed by atoms with Crippen LogP contribution in [0.15, 0.2) is 17.5 Å². The predicted molar refractivity (Wildman–Crippen MR) is 55.7 cm³/mol. The van der Waals surface area contributed by atoms with E-state index in [1.54, 1.807) is 11.3 Å². The topological polar surface area (TPSA) is 49.8 Å². The Morgan fingerprint density at radius 2 is 2.23 bits per heavy atom. The molecule has 2 N–H and O–H groups in total. The first kappa shape index (κ1) is 8.09. The van der Waals surface area contributed by atoms with E-state index in [0.29, 0.717) is 5.56 Å². The van der Waals surface area contributed by atoms with Crippen LogP contribution in [0.3, 0.4) is 0 Å². The molecule has 0 aliphatic rings. The normalized spacial score (nSPS) is 10.2. The highest BCUT2D eigenvalue weighted by molar-refractivity contribution is 7.17. The van der Waals surface area contributed by atoms with Crippen molar-refractivity contribution in [1.82, 2.24) is 0 Å². The van der Waals surface area contributed by atoms with Crippen LogP contribution in [-0.2, 0) is 0 Å². The molecule has 1 aromatic heterocycles. The Balaban J connectivity index is 2.93. The maximum Gasteiger partial charge on any atom is 0.0994 e. The third-order valence-electron chi connectivity index (χ3n) is 2.15. The summed E-state index contributed by atoms with van der Waals surface area (Å²) in [5, 5.41) is 11.8. The minimum Gasteiger partial charge on any atom is -0.398 e. The van der Waals surface area contributed by atoms with E-state index in [0.717, 1.165) is 21.3 Å². The van der Waals surface area contributed by atoms with Crippen molar-refractivity contribution in [2.75, 3.05) is 5.73 Å². The zero-order valence-corrected chi connectivity index (χ0v) is 7.98. The lowest BCUT2D eigenvalue weighted by molar-refractivity contribution is 1.43. The van der Waals surface area contributed by atoms with Crippen molar-refractivity contribution in [3.05, 3.63) is 28.6 Å². The quantitative estimate of drug-likeness (QED) is 0.691. The number of fused-ring (bicyclic) bond motifs is 1. The Hall–Kier alpha value is -1.53. The van der Waals surface area contributed by atoms with E-state index in [9.17, 15) is 0 Å². The molecule has 0 amide bonds. The second kappa shape index (κ2) is 2.75. The van der Waals surface area contributed by atoms with Crippen LogP contribution in [0.5, 0.6) is 0 Å². The number of benzene rings is 1. The standard InChI is InChI=1S/C10H8N2S/c1-6-7(4-11)2-3-9-10(6)8(12)5-13-9/h2-3,5H,12H2,1H3. The van der Waals surface area contributed by atoms with E-state index < -0.39 is 0 Å². The second-order valence-corrected chi connectivity index (χ2v) is 3.83. The molecule has 3 heteroatoms. The summed E-state index contributed by atoms with van der Waals surface area (Å²) in [5.41, 5.74) is 8.27. The van der Waals surface area contributed by atoms with E-state index in [2.05, 4.69) is 6.07 Å². The molecule has 64 valence electrons. The molecule has 2 aromatic rings. The summed E-state index contributed by atoms with van der Waals surface area (Å²) in [4.78, 5) is 0. The molecule has 0 bridgehead atoms. The van der Waals surface area contributed by atoms with Crippen molar-refractivity contribution in [1.29, 1.82) is 5.26 Å². The first-order valence-corrected chi connectivity index (χ1v) is 4.78. The van der Waals surface area contributed by atoms with Gasteiger partial charge in [-0.3, -0.25) is 0 Å². The van der Waals surface area contributed by atoms with Crippen molar-refractivity contribution < 1.29 is 0 Å². The van der Waals surface area contributed by atoms with Gasteiger partial charge in [0.05, 0.1) is 17.3 Å². The number of hydrogen-bond acceptors (Lipinski definition) is 3. The number of rotatable bonds is 0. The van der Waals surface area contributed by atoms with Crippen LogP contribution in [0, 0.1) is 18.3 Å². The summed E-state index contributed by atoms with van der Waals surface area (Å²) in [5.74, 6) is 0. The number of aryl methyl sites for hydroxylation is 1. The lowest BCUT2D eigenvalue weighted by Gasteiger charge is -1.99. The molecule has 0 saturated heterocycles. The van der Waals surface area contributed by atoms with E-state index in [4.69, 9.17) is 11.0 Å². The van der Waals surface area contributed by atoms with Crippen molar-refractivity contribution >= 4 is 27.1 Å². The molecule has 0 radical (unpaired) electrons. The first-order valence-electron chi connectivity index (χ1n) is 3.90. The number of thiophene rings is 1. The first-order chi connectivity index (χ1) is 6.24. The van der Waals surface area contributed by atoms with Crippen molar-refractivity contribution in [3.63, 3.8) is 0 Å². The average molecular weight is 188 g/mol. The van der Waals surface area contributed by atoms with Gasteiger partial charge in [0.25, 0.3) is 0 Å². The molecule has 1 heterocycles. The van der Waals surface area contributed by atoms with Crippen molar-refractivity contribution in [2.45, 2.75) is 6.92 Å². The summed E-state index contributed by atoms with van der Waals surface area (Å²) < 4.78 is 1.15. The van der Waals surface area contributed by atoms with Crippen LogP contribution in [0.25, 0.3) is 10.1 Å². The Morgan fingerprint density at radius 1 is 1.46 bits per heavy atom. The van der Waals surface area contributed by atoms with E-state index >= 15 is 0 Å². The highest BCUT2D eigenvalue weighted by Gasteiger charge is 2.07. The van der Waals surface area contributed by atoms with Crippen LogP contribution >= 0.6 is 11.3 Å². The van der Waals surface area contributed by atoms with Gasteiger partial charge in [-0.25, -0.2) is 0 Å². The van der Waals surface area contributed by atoms with Crippen molar-refractivity contribution in [2.24, 2.45) is 0 Å². The zero-order valence-electron chi connectivity index (χ0n) is 7.16. The molecule has 0 aliphatic carbocycles. The van der Waals surface area contributed by atoms with Gasteiger partial charge in [-0.1, -0.05) is 0 Å². The van der Waals surface area contributed by atoms with Crippen LogP contribution in [0.4, 0.5) is 5.69 Å². The van der Waals surface area contributed by atoms with Crippen LogP contribution in [0.2, 0.25) is 0 Å². The molecule has 0 atom stereocenters. The molecule has 2 rings (SSSR count). The zero-order chi connectivity index (χ0) is 9.42. The maximum atomic E-state index is 8.82. The van der Waals surface area contributed by atoms with Gasteiger partial charge >= 0.3 is 0 Å². The fourth-order valence-electron chi connectivity index (χ4n) is 1.45. The van der Waals surface area contributed by atoms with Crippen LogP contribution < -0.4 is 5.73 Å². The largest absolute Gasteiger partial charge is 0.398 e. The fraction of sp³-hybridized carbons (Fsp3) is 0.100. The maximum absolute atomic E-state index is 8.82. The molecular weight excluding hydrogens is 180 g/mol. The molecule has 0 saturated carbocycles. The number of nitrogens with zero attached hydrogens (tertiary/aromatic N) is 1. The minimum atomic E-state index is 0.706. The number of anilines is 1. The smallest absolute Gasteiger partial charge is 0.0994 e. The van der Waals surface area contributed by atoms with Crippen molar-refractivity contribution in [3.8, 4) is 6.07 Å². The van der Waals surface area contributed by atoms with Crippen LogP contribution in [-0.4, -0.2) is 0 Å². The number of nitrogen functional groups attached to an aromatic ring is 1. The second-order valence-electron chi connectivity index (χ2n) is 2.91. The Morgan fingerprint density at radius 3 is 2.92 bits per heavy atom. The van der Waals surface area contributed by atoms with Gasteiger partial charge in [-0.15, -0.1) is 11.3 Å². The van der Waals surface area contributed by atoms with Gasteiger partial charge < -0.3 is 5.73 Å². The number of hydrogen-bond donors (Lipinski definition) is 1. The SMILES string of the molecule is Cc1c(C#N)ccc2scc(N)c12. The monoisotopic (exact) mass is 188 g/mol. The van der Waals surface area contributed by atoms with Gasteiger partial charge in [-0.2, -0.15) is 5.26 Å². The van der Waals surface area contributed by atoms with E-state index in [1.165, 1.54) is 0 Å². The van der Waals surface area contributed by atoms with Gasteiger partial charge in [-0.05, 0) is 24.6 Å². The molecule has 0 fully saturated rings. The van der Waals surface area contributed by atoms with Gasteiger partial charge in [0.2, 0.25) is 0 Å². The van der Waals surface area contributed by atoms with Gasteiger partial charge in [0.1, 0.15) is 0 Å². The Labute approximate surface area is 80.2 Å².